The van der Waals surface area contributed by atoms with Gasteiger partial charge in [-0.25, -0.2) is 0 Å². The molecule has 0 aliphatic carbocycles. The summed E-state index contributed by atoms with van der Waals surface area (Å²) in [6, 6.07) is 0. The summed E-state index contributed by atoms with van der Waals surface area (Å²) in [5, 5.41) is 0. The van der Waals surface area contributed by atoms with E-state index in [0.29, 0.717) is 22.5 Å². The molecule has 0 atom stereocenters. The monoisotopic (exact) mass is 370 g/mol. The van der Waals surface area contributed by atoms with Crippen LogP contribution in [0.5, 0.6) is 0 Å². The van der Waals surface area contributed by atoms with E-state index in [2.05, 4.69) is 0 Å². The van der Waals surface area contributed by atoms with E-state index < -0.39 is 0 Å². The van der Waals surface area contributed by atoms with Crippen molar-refractivity contribution in [1.82, 2.24) is 0 Å². The van der Waals surface area contributed by atoms with Gasteiger partial charge in [0.2, 0.25) is 0 Å². The second-order valence-corrected chi connectivity index (χ2v) is 0. The molecule has 0 amide bonds. The van der Waals surface area contributed by atoms with Crippen LogP contribution in [0.2, 0.25) is 0 Å². The summed E-state index contributed by atoms with van der Waals surface area (Å²) in [4.78, 5) is 0. The number of hydrogen-bond donors (Lipinski definition) is 0. The van der Waals surface area contributed by atoms with Crippen molar-refractivity contribution in [1.29, 1.82) is 0 Å². The van der Waals surface area contributed by atoms with E-state index in [0.717, 1.165) is 0 Å². The SMILES string of the molecule is [Cd].[O]=[Sn].[Sn]. The van der Waals surface area contributed by atoms with Crippen LogP contribution in [0.1, 0.15) is 0 Å². The van der Waals surface area contributed by atoms with Crippen molar-refractivity contribution in [3.8, 4) is 0 Å². The molecule has 0 aromatic heterocycles. The minimum atomic E-state index is 0. The Morgan fingerprint density at radius 3 is 1.25 bits per heavy atom. The summed E-state index contributed by atoms with van der Waals surface area (Å²) >= 11 is 0.300. The van der Waals surface area contributed by atoms with Crippen LogP contribution in [-0.4, -0.2) is 46.4 Å². The van der Waals surface area contributed by atoms with E-state index in [1.54, 1.807) is 0 Å². The Morgan fingerprint density at radius 1 is 1.25 bits per heavy atom. The van der Waals surface area contributed by atoms with E-state index >= 15 is 0 Å². The van der Waals surface area contributed by atoms with Gasteiger partial charge in [-0.3, -0.25) is 0 Å². The molecule has 1 nitrogen and oxygen atoms in total. The second-order valence-electron chi connectivity index (χ2n) is 0. The molecule has 16 valence electrons. The Bertz CT molecular complexity index is 6.00. The Labute approximate surface area is 75.5 Å². The molecule has 0 heterocycles. The van der Waals surface area contributed by atoms with Crippen LogP contribution >= 0.6 is 0 Å². The van der Waals surface area contributed by atoms with Crippen molar-refractivity contribution < 1.29 is 30.4 Å². The van der Waals surface area contributed by atoms with Gasteiger partial charge in [0.25, 0.3) is 0 Å². The fourth-order valence-corrected chi connectivity index (χ4v) is 0. The first-order valence-corrected chi connectivity index (χ1v) is 1.37. The predicted octanol–water partition coefficient (Wildman–Crippen LogP) is -0.883. The standard InChI is InChI=1S/Cd.O.2Sn. The molecule has 0 saturated heterocycles. The molecule has 0 fully saturated rings. The van der Waals surface area contributed by atoms with Crippen LogP contribution in [0.4, 0.5) is 0 Å². The van der Waals surface area contributed by atoms with Gasteiger partial charge in [0.1, 0.15) is 0 Å². The van der Waals surface area contributed by atoms with Gasteiger partial charge in [-0.2, -0.15) is 0 Å². The quantitative estimate of drug-likeness (QED) is 0.509. The van der Waals surface area contributed by atoms with Crippen molar-refractivity contribution >= 4 is 46.4 Å². The van der Waals surface area contributed by atoms with E-state index in [-0.39, 0.29) is 51.2 Å². The zero-order valence-electron chi connectivity index (χ0n) is 2.12. The molecule has 0 spiro atoms. The largest absolute Gasteiger partial charge is 0 e. The van der Waals surface area contributed by atoms with Gasteiger partial charge in [0.05, 0.1) is 0 Å². The molecule has 0 bridgehead atoms. The molecular weight excluding hydrogens is 366 g/mol. The summed E-state index contributed by atoms with van der Waals surface area (Å²) in [5.74, 6) is 0. The van der Waals surface area contributed by atoms with Crippen LogP contribution in [-0.2, 0) is 30.4 Å². The van der Waals surface area contributed by atoms with Gasteiger partial charge < -0.3 is 0 Å². The van der Waals surface area contributed by atoms with E-state index in [1.807, 2.05) is 0 Å². The molecular formula is CdOSn2. The maximum Gasteiger partial charge on any atom is 0 e. The van der Waals surface area contributed by atoms with Crippen LogP contribution in [0.15, 0.2) is 0 Å². The fourth-order valence-electron chi connectivity index (χ4n) is 0. The molecule has 0 aliphatic heterocycles. The van der Waals surface area contributed by atoms with E-state index in [1.165, 1.54) is 0 Å². The number of hydrogen-bond acceptors (Lipinski definition) is 1. The molecule has 0 rings (SSSR count). The maximum atomic E-state index is 8.34. The summed E-state index contributed by atoms with van der Waals surface area (Å²) in [7, 11) is 0. The zero-order valence-corrected chi connectivity index (χ0v) is 11.9. The van der Waals surface area contributed by atoms with Crippen LogP contribution in [0.3, 0.4) is 0 Å². The Morgan fingerprint density at radius 2 is 1.25 bits per heavy atom. The Balaban J connectivity index is -0.00000000500. The zero-order chi connectivity index (χ0) is 2.00. The van der Waals surface area contributed by atoms with E-state index in [4.69, 9.17) is 3.08 Å². The van der Waals surface area contributed by atoms with Crippen LogP contribution in [0.25, 0.3) is 0 Å². The third-order valence-electron chi connectivity index (χ3n) is 0. The predicted molar refractivity (Wildman–Crippen MR) is 12.2 cm³/mol. The molecule has 0 aliphatic rings. The van der Waals surface area contributed by atoms with E-state index in [9.17, 15) is 0 Å². The summed E-state index contributed by atoms with van der Waals surface area (Å²) in [6.07, 6.45) is 0. The molecule has 6 radical (unpaired) electrons. The van der Waals surface area contributed by atoms with Gasteiger partial charge in [0, 0.05) is 51.2 Å². The second kappa shape index (κ2) is 18.4. The fraction of sp³-hybridized carbons (Fsp3) is 0. The van der Waals surface area contributed by atoms with Crippen molar-refractivity contribution in [2.45, 2.75) is 0 Å². The molecule has 0 aromatic rings. The van der Waals surface area contributed by atoms with Gasteiger partial charge in [0.15, 0.2) is 0 Å². The molecule has 4 heavy (non-hydrogen) atoms. The Kier molecular flexibility index (Phi) is 74.8. The third-order valence-corrected chi connectivity index (χ3v) is 0. The van der Waals surface area contributed by atoms with Crippen molar-refractivity contribution in [2.75, 3.05) is 0 Å². The Hall–Kier alpha value is 2.32. The maximum absolute atomic E-state index is 8.34. The normalized spacial score (nSPS) is 1.00. The molecule has 0 N–H and O–H groups in total. The van der Waals surface area contributed by atoms with Crippen molar-refractivity contribution in [3.63, 3.8) is 0 Å². The first-order valence-electron chi connectivity index (χ1n) is 0.204. The topological polar surface area (TPSA) is 17.1 Å². The number of rotatable bonds is 0. The van der Waals surface area contributed by atoms with Gasteiger partial charge in [-0.1, -0.05) is 0 Å². The van der Waals surface area contributed by atoms with Crippen molar-refractivity contribution in [3.05, 3.63) is 0 Å². The smallest absolute Gasteiger partial charge is 0 e. The molecule has 0 aromatic carbocycles. The first kappa shape index (κ1) is 16.2. The summed E-state index contributed by atoms with van der Waals surface area (Å²) in [5.41, 5.74) is 0. The van der Waals surface area contributed by atoms with Crippen LogP contribution < -0.4 is 0 Å². The van der Waals surface area contributed by atoms with Gasteiger partial charge in [-0.05, 0) is 0 Å². The average Bonchev–Trinajstić information content (AvgIpc) is 1.00. The average molecular weight is 366 g/mol. The molecule has 4 heteroatoms. The van der Waals surface area contributed by atoms with Gasteiger partial charge in [-0.15, -0.1) is 0 Å². The van der Waals surface area contributed by atoms with Crippen LogP contribution in [0, 0.1) is 0 Å². The van der Waals surface area contributed by atoms with Gasteiger partial charge >= 0.3 is 25.6 Å². The first-order chi connectivity index (χ1) is 1.00. The minimum absolute atomic E-state index is 0. The summed E-state index contributed by atoms with van der Waals surface area (Å²) in [6.45, 7) is 0. The minimum Gasteiger partial charge on any atom is 0 e. The third kappa shape index (κ3) is 8.85. The summed E-state index contributed by atoms with van der Waals surface area (Å²) < 4.78 is 8.34. The molecule has 0 unspecified atom stereocenters. The molecule has 0 saturated carbocycles. The van der Waals surface area contributed by atoms with Crippen molar-refractivity contribution in [2.24, 2.45) is 0 Å².